The number of hydrogen-bond donors (Lipinski definition) is 1. The zero-order valence-electron chi connectivity index (χ0n) is 22.0. The number of likely N-dealkylation sites (tertiary alicyclic amines) is 1. The summed E-state index contributed by atoms with van der Waals surface area (Å²) in [6, 6.07) is 29.4. The Balaban J connectivity index is 1.53. The Morgan fingerprint density at radius 2 is 1.46 bits per heavy atom. The summed E-state index contributed by atoms with van der Waals surface area (Å²) in [5.41, 5.74) is 1.84. The van der Waals surface area contributed by atoms with Gasteiger partial charge in [-0.3, -0.25) is 9.59 Å². The van der Waals surface area contributed by atoms with E-state index in [9.17, 15) is 9.59 Å². The highest BCUT2D eigenvalue weighted by molar-refractivity contribution is 5.94. The number of nitrogens with zero attached hydrogens (tertiary/aromatic N) is 2. The molecular formula is C31H37N3O3. The molecule has 4 rings (SSSR count). The highest BCUT2D eigenvalue weighted by atomic mass is 16.5. The molecule has 0 unspecified atom stereocenters. The lowest BCUT2D eigenvalue weighted by Gasteiger charge is -2.41. The third-order valence-electron chi connectivity index (χ3n) is 7.41. The predicted molar refractivity (Wildman–Crippen MR) is 147 cm³/mol. The number of carbonyl (C=O) groups excluding carboxylic acids is 2. The van der Waals surface area contributed by atoms with Gasteiger partial charge in [-0.1, -0.05) is 78.9 Å². The van der Waals surface area contributed by atoms with Gasteiger partial charge in [0.2, 0.25) is 5.91 Å². The Bertz CT molecular complexity index is 1110. The van der Waals surface area contributed by atoms with Gasteiger partial charge in [0.05, 0.1) is 12.1 Å². The maximum Gasteiger partial charge on any atom is 0.251 e. The fourth-order valence-electron chi connectivity index (χ4n) is 5.39. The van der Waals surface area contributed by atoms with Crippen LogP contribution in [0.1, 0.15) is 34.3 Å². The third kappa shape index (κ3) is 5.92. The summed E-state index contributed by atoms with van der Waals surface area (Å²) >= 11 is 0. The van der Waals surface area contributed by atoms with E-state index < -0.39 is 5.41 Å². The van der Waals surface area contributed by atoms with E-state index in [4.69, 9.17) is 4.74 Å². The average Bonchev–Trinajstić information content (AvgIpc) is 2.95. The summed E-state index contributed by atoms with van der Waals surface area (Å²) in [5, 5.41) is 3.16. The molecule has 0 aromatic heterocycles. The van der Waals surface area contributed by atoms with Crippen LogP contribution in [0.15, 0.2) is 91.0 Å². The topological polar surface area (TPSA) is 61.9 Å². The number of likely N-dealkylation sites (N-methyl/N-ethyl adjacent to an activating group) is 1. The highest BCUT2D eigenvalue weighted by Crippen LogP contribution is 2.38. The Kier molecular flexibility index (Phi) is 8.74. The molecule has 0 saturated carbocycles. The number of methoxy groups -OCH3 is 1. The van der Waals surface area contributed by atoms with Gasteiger partial charge in [-0.05, 0) is 42.6 Å². The molecule has 1 fully saturated rings. The summed E-state index contributed by atoms with van der Waals surface area (Å²) in [6.07, 6.45) is 1.28. The molecule has 3 aromatic rings. The molecule has 0 spiro atoms. The van der Waals surface area contributed by atoms with Crippen molar-refractivity contribution in [2.75, 3.05) is 40.8 Å². The van der Waals surface area contributed by atoms with Gasteiger partial charge < -0.3 is 19.9 Å². The molecule has 0 bridgehead atoms. The van der Waals surface area contributed by atoms with Crippen LogP contribution in [0.5, 0.6) is 0 Å². The molecule has 6 heteroatoms. The second-order valence-electron chi connectivity index (χ2n) is 9.90. The first-order valence-electron chi connectivity index (χ1n) is 12.9. The van der Waals surface area contributed by atoms with Gasteiger partial charge in [0.1, 0.15) is 5.41 Å². The molecule has 6 nitrogen and oxygen atoms in total. The number of piperidine rings is 1. The van der Waals surface area contributed by atoms with Crippen LogP contribution >= 0.6 is 0 Å². The van der Waals surface area contributed by atoms with E-state index in [1.165, 1.54) is 0 Å². The SMILES string of the molecule is CO[C@H]1CN(CCC(C(=O)N(C)C)(c2ccccc2)c2ccccc2)CC[C@H]1NC(=O)c1ccccc1. The minimum Gasteiger partial charge on any atom is -0.378 e. The largest absolute Gasteiger partial charge is 0.378 e. The van der Waals surface area contributed by atoms with Crippen LogP contribution < -0.4 is 5.32 Å². The summed E-state index contributed by atoms with van der Waals surface area (Å²) < 4.78 is 5.83. The number of nitrogens with one attached hydrogen (secondary N) is 1. The molecule has 3 aromatic carbocycles. The van der Waals surface area contributed by atoms with E-state index in [0.717, 1.165) is 30.6 Å². The molecule has 1 aliphatic rings. The van der Waals surface area contributed by atoms with Crippen LogP contribution in [0.2, 0.25) is 0 Å². The van der Waals surface area contributed by atoms with Crippen LogP contribution in [-0.4, -0.2) is 74.6 Å². The van der Waals surface area contributed by atoms with Crippen LogP contribution in [-0.2, 0) is 14.9 Å². The molecule has 1 aliphatic heterocycles. The Labute approximate surface area is 220 Å². The summed E-state index contributed by atoms with van der Waals surface area (Å²) in [5.74, 6) is -0.0111. The van der Waals surface area contributed by atoms with Gasteiger partial charge in [0.15, 0.2) is 0 Å². The van der Waals surface area contributed by atoms with Crippen molar-refractivity contribution in [2.45, 2.75) is 30.4 Å². The van der Waals surface area contributed by atoms with Crippen LogP contribution in [0.25, 0.3) is 0 Å². The van der Waals surface area contributed by atoms with Crippen molar-refractivity contribution >= 4 is 11.8 Å². The first-order chi connectivity index (χ1) is 18.0. The molecule has 194 valence electrons. The van der Waals surface area contributed by atoms with Gasteiger partial charge in [0.25, 0.3) is 5.91 Å². The number of ether oxygens (including phenoxy) is 1. The van der Waals surface area contributed by atoms with E-state index in [0.29, 0.717) is 18.5 Å². The molecular weight excluding hydrogens is 462 g/mol. The highest BCUT2D eigenvalue weighted by Gasteiger charge is 2.43. The normalized spacial score (nSPS) is 18.2. The molecule has 2 amide bonds. The Hall–Kier alpha value is -3.48. The van der Waals surface area contributed by atoms with Crippen molar-refractivity contribution in [3.8, 4) is 0 Å². The fourth-order valence-corrected chi connectivity index (χ4v) is 5.39. The first-order valence-corrected chi connectivity index (χ1v) is 12.9. The Morgan fingerprint density at radius 1 is 0.919 bits per heavy atom. The van der Waals surface area contributed by atoms with Crippen molar-refractivity contribution in [3.05, 3.63) is 108 Å². The minimum atomic E-state index is -0.799. The number of benzene rings is 3. The zero-order valence-corrected chi connectivity index (χ0v) is 22.0. The van der Waals surface area contributed by atoms with Gasteiger partial charge in [-0.2, -0.15) is 0 Å². The third-order valence-corrected chi connectivity index (χ3v) is 7.41. The molecule has 2 atom stereocenters. The van der Waals surface area contributed by atoms with E-state index in [2.05, 4.69) is 34.5 Å². The van der Waals surface area contributed by atoms with Crippen molar-refractivity contribution in [3.63, 3.8) is 0 Å². The number of amides is 2. The van der Waals surface area contributed by atoms with Crippen molar-refractivity contribution in [1.29, 1.82) is 0 Å². The monoisotopic (exact) mass is 499 g/mol. The number of rotatable bonds is 9. The maximum absolute atomic E-state index is 13.9. The molecule has 1 saturated heterocycles. The summed E-state index contributed by atoms with van der Waals surface area (Å²) in [4.78, 5) is 30.7. The average molecular weight is 500 g/mol. The summed E-state index contributed by atoms with van der Waals surface area (Å²) in [6.45, 7) is 2.23. The van der Waals surface area contributed by atoms with Crippen LogP contribution in [0.4, 0.5) is 0 Å². The lowest BCUT2D eigenvalue weighted by Crippen LogP contribution is -2.55. The molecule has 1 N–H and O–H groups in total. The maximum atomic E-state index is 13.9. The molecule has 0 aliphatic carbocycles. The minimum absolute atomic E-state index is 0.0645. The first kappa shape index (κ1) is 26.6. The standard InChI is InChI=1S/C31H37N3O3/c1-33(2)30(36)31(25-15-9-5-10-16-25,26-17-11-6-12-18-26)20-22-34-21-19-27(28(23-34)37-3)32-29(35)24-13-7-4-8-14-24/h4-18,27-28H,19-23H2,1-3H3,(H,32,35)/t27-,28+/m1/s1. The second-order valence-corrected chi connectivity index (χ2v) is 9.90. The van der Waals surface area contributed by atoms with Gasteiger partial charge in [0, 0.05) is 39.9 Å². The van der Waals surface area contributed by atoms with Crippen molar-refractivity contribution in [2.24, 2.45) is 0 Å². The molecule has 0 radical (unpaired) electrons. The van der Waals surface area contributed by atoms with Gasteiger partial charge in [-0.25, -0.2) is 0 Å². The fraction of sp³-hybridized carbons (Fsp3) is 0.355. The molecule has 37 heavy (non-hydrogen) atoms. The lowest BCUT2D eigenvalue weighted by molar-refractivity contribution is -0.133. The second kappa shape index (κ2) is 12.2. The van der Waals surface area contributed by atoms with E-state index in [1.54, 1.807) is 12.0 Å². The predicted octanol–water partition coefficient (Wildman–Crippen LogP) is 3.97. The number of hydrogen-bond acceptors (Lipinski definition) is 4. The molecule has 1 heterocycles. The van der Waals surface area contributed by atoms with E-state index in [-0.39, 0.29) is 24.0 Å². The van der Waals surface area contributed by atoms with Crippen molar-refractivity contribution < 1.29 is 14.3 Å². The Morgan fingerprint density at radius 3 is 1.97 bits per heavy atom. The lowest BCUT2D eigenvalue weighted by atomic mass is 9.70. The van der Waals surface area contributed by atoms with Crippen LogP contribution in [0, 0.1) is 0 Å². The number of carbonyl (C=O) groups is 2. The van der Waals surface area contributed by atoms with Gasteiger partial charge >= 0.3 is 0 Å². The zero-order chi connectivity index (χ0) is 26.3. The smallest absolute Gasteiger partial charge is 0.251 e. The van der Waals surface area contributed by atoms with Crippen LogP contribution in [0.3, 0.4) is 0 Å². The van der Waals surface area contributed by atoms with E-state index >= 15 is 0 Å². The van der Waals surface area contributed by atoms with Crippen molar-refractivity contribution in [1.82, 2.24) is 15.1 Å². The van der Waals surface area contributed by atoms with Gasteiger partial charge in [-0.15, -0.1) is 0 Å². The van der Waals surface area contributed by atoms with E-state index in [1.807, 2.05) is 80.8 Å². The summed E-state index contributed by atoms with van der Waals surface area (Å²) in [7, 11) is 5.35. The quantitative estimate of drug-likeness (QED) is 0.484.